The van der Waals surface area contributed by atoms with E-state index < -0.39 is 0 Å². The number of hydrogen-bond donors (Lipinski definition) is 3. The molecule has 0 aliphatic heterocycles. The molecule has 1 heterocycles. The summed E-state index contributed by atoms with van der Waals surface area (Å²) in [4.78, 5) is 26.2. The molecule has 1 amide bonds. The molecule has 0 spiro atoms. The number of aromatic nitrogens is 1. The van der Waals surface area contributed by atoms with Crippen LogP contribution in [0.15, 0.2) is 23.3 Å². The first-order valence-electron chi connectivity index (χ1n) is 6.78. The number of rotatable bonds is 4. The second-order valence-electron chi connectivity index (χ2n) is 5.12. The number of amides is 1. The second kappa shape index (κ2) is 6.52. The molecule has 0 aromatic carbocycles. The second-order valence-corrected chi connectivity index (χ2v) is 5.12. The largest absolute Gasteiger partial charge is 0.396 e. The maximum atomic E-state index is 11.9. The van der Waals surface area contributed by atoms with E-state index in [0.717, 1.165) is 25.7 Å². The van der Waals surface area contributed by atoms with Crippen LogP contribution in [0.3, 0.4) is 0 Å². The van der Waals surface area contributed by atoms with Gasteiger partial charge in [0.2, 0.25) is 0 Å². The SMILES string of the molecule is O=C(NCC1CCCCC1CO)c1c[nH]ccc1=O. The summed E-state index contributed by atoms with van der Waals surface area (Å²) in [5, 5.41) is 12.1. The van der Waals surface area contributed by atoms with E-state index in [1.165, 1.54) is 18.5 Å². The van der Waals surface area contributed by atoms with Gasteiger partial charge < -0.3 is 15.4 Å². The van der Waals surface area contributed by atoms with Crippen molar-refractivity contribution in [1.82, 2.24) is 10.3 Å². The summed E-state index contributed by atoms with van der Waals surface area (Å²) in [6.45, 7) is 0.699. The van der Waals surface area contributed by atoms with Crippen molar-refractivity contribution in [2.24, 2.45) is 11.8 Å². The van der Waals surface area contributed by atoms with Crippen molar-refractivity contribution in [3.8, 4) is 0 Å². The van der Waals surface area contributed by atoms with Gasteiger partial charge in [-0.2, -0.15) is 0 Å². The molecule has 104 valence electrons. The Bertz CT molecular complexity index is 484. The molecule has 19 heavy (non-hydrogen) atoms. The molecule has 3 N–H and O–H groups in total. The Morgan fingerprint density at radius 2 is 2.11 bits per heavy atom. The van der Waals surface area contributed by atoms with Gasteiger partial charge in [-0.15, -0.1) is 0 Å². The van der Waals surface area contributed by atoms with Gasteiger partial charge in [-0.05, 0) is 24.7 Å². The number of carbonyl (C=O) groups is 1. The predicted octanol–water partition coefficient (Wildman–Crippen LogP) is 0.903. The van der Waals surface area contributed by atoms with Crippen LogP contribution in [0.1, 0.15) is 36.0 Å². The summed E-state index contributed by atoms with van der Waals surface area (Å²) >= 11 is 0. The monoisotopic (exact) mass is 264 g/mol. The lowest BCUT2D eigenvalue weighted by molar-refractivity contribution is 0.0908. The van der Waals surface area contributed by atoms with E-state index >= 15 is 0 Å². The minimum absolute atomic E-state index is 0.138. The quantitative estimate of drug-likeness (QED) is 0.755. The van der Waals surface area contributed by atoms with Gasteiger partial charge in [0.1, 0.15) is 5.56 Å². The molecule has 2 rings (SSSR count). The van der Waals surface area contributed by atoms with Crippen LogP contribution in [0.4, 0.5) is 0 Å². The smallest absolute Gasteiger partial charge is 0.256 e. The van der Waals surface area contributed by atoms with Gasteiger partial charge in [-0.1, -0.05) is 12.8 Å². The number of aliphatic hydroxyl groups excluding tert-OH is 1. The zero-order valence-electron chi connectivity index (χ0n) is 10.9. The number of H-pyrrole nitrogens is 1. The Balaban J connectivity index is 1.93. The summed E-state index contributed by atoms with van der Waals surface area (Å²) in [6.07, 6.45) is 7.25. The number of pyridine rings is 1. The molecule has 1 saturated carbocycles. The standard InChI is InChI=1S/C14H20N2O3/c17-9-11-4-2-1-3-10(11)7-16-14(19)12-8-15-6-5-13(12)18/h5-6,8,10-11,17H,1-4,7,9H2,(H,15,18)(H,16,19). The third-order valence-corrected chi connectivity index (χ3v) is 3.89. The zero-order chi connectivity index (χ0) is 13.7. The van der Waals surface area contributed by atoms with Crippen LogP contribution in [0.25, 0.3) is 0 Å². The lowest BCUT2D eigenvalue weighted by Gasteiger charge is -2.30. The van der Waals surface area contributed by atoms with E-state index in [-0.39, 0.29) is 29.4 Å². The number of nitrogens with one attached hydrogen (secondary N) is 2. The topological polar surface area (TPSA) is 82.2 Å². The van der Waals surface area contributed by atoms with Gasteiger partial charge in [0.25, 0.3) is 5.91 Å². The molecule has 0 radical (unpaired) electrons. The number of aromatic amines is 1. The van der Waals surface area contributed by atoms with E-state index in [2.05, 4.69) is 10.3 Å². The normalized spacial score (nSPS) is 23.0. The van der Waals surface area contributed by atoms with E-state index in [1.54, 1.807) is 0 Å². The zero-order valence-corrected chi connectivity index (χ0v) is 10.9. The molecule has 1 aromatic rings. The number of aliphatic hydroxyl groups is 1. The van der Waals surface area contributed by atoms with Crippen LogP contribution in [-0.4, -0.2) is 29.1 Å². The van der Waals surface area contributed by atoms with Crippen molar-refractivity contribution in [2.45, 2.75) is 25.7 Å². The molecule has 5 nitrogen and oxygen atoms in total. The van der Waals surface area contributed by atoms with Crippen LogP contribution in [0, 0.1) is 11.8 Å². The number of carbonyl (C=O) groups excluding carboxylic acids is 1. The Labute approximate surface area is 112 Å². The van der Waals surface area contributed by atoms with E-state index in [1.807, 2.05) is 0 Å². The molecule has 0 saturated heterocycles. The van der Waals surface area contributed by atoms with Crippen molar-refractivity contribution in [3.05, 3.63) is 34.2 Å². The third-order valence-electron chi connectivity index (χ3n) is 3.89. The van der Waals surface area contributed by atoms with Crippen LogP contribution in [0.5, 0.6) is 0 Å². The fourth-order valence-electron chi connectivity index (χ4n) is 2.71. The Morgan fingerprint density at radius 3 is 2.79 bits per heavy atom. The average Bonchev–Trinajstić information content (AvgIpc) is 2.45. The van der Waals surface area contributed by atoms with Crippen LogP contribution >= 0.6 is 0 Å². The highest BCUT2D eigenvalue weighted by Crippen LogP contribution is 2.29. The fraction of sp³-hybridized carbons (Fsp3) is 0.571. The van der Waals surface area contributed by atoms with Gasteiger partial charge in [-0.3, -0.25) is 9.59 Å². The summed E-state index contributed by atoms with van der Waals surface area (Å²) in [7, 11) is 0. The van der Waals surface area contributed by atoms with Gasteiger partial charge >= 0.3 is 0 Å². The molecule has 1 fully saturated rings. The highest BCUT2D eigenvalue weighted by molar-refractivity contribution is 5.93. The first kappa shape index (κ1) is 13.8. The van der Waals surface area contributed by atoms with Gasteiger partial charge in [0.15, 0.2) is 5.43 Å². The van der Waals surface area contributed by atoms with E-state index in [9.17, 15) is 14.7 Å². The minimum Gasteiger partial charge on any atom is -0.396 e. The molecule has 1 aliphatic rings. The third kappa shape index (κ3) is 3.44. The Hall–Kier alpha value is -1.62. The minimum atomic E-state index is -0.343. The fourth-order valence-corrected chi connectivity index (χ4v) is 2.71. The predicted molar refractivity (Wildman–Crippen MR) is 71.9 cm³/mol. The van der Waals surface area contributed by atoms with Crippen molar-refractivity contribution in [2.75, 3.05) is 13.2 Å². The van der Waals surface area contributed by atoms with Gasteiger partial charge in [-0.25, -0.2) is 0 Å². The maximum absolute atomic E-state index is 11.9. The number of hydrogen-bond acceptors (Lipinski definition) is 3. The molecular weight excluding hydrogens is 244 g/mol. The molecule has 1 aromatic heterocycles. The summed E-state index contributed by atoms with van der Waals surface area (Å²) < 4.78 is 0. The van der Waals surface area contributed by atoms with Crippen LogP contribution in [-0.2, 0) is 0 Å². The molecule has 1 aliphatic carbocycles. The van der Waals surface area contributed by atoms with E-state index in [0.29, 0.717) is 12.5 Å². The Kier molecular flexibility index (Phi) is 4.74. The molecule has 2 unspecified atom stereocenters. The molecule has 2 atom stereocenters. The Morgan fingerprint density at radius 1 is 1.37 bits per heavy atom. The van der Waals surface area contributed by atoms with Crippen LogP contribution < -0.4 is 10.7 Å². The maximum Gasteiger partial charge on any atom is 0.256 e. The van der Waals surface area contributed by atoms with Crippen molar-refractivity contribution in [3.63, 3.8) is 0 Å². The summed E-state index contributed by atoms with van der Waals surface area (Å²) in [6, 6.07) is 1.34. The molecule has 0 bridgehead atoms. The van der Waals surface area contributed by atoms with Gasteiger partial charge in [0, 0.05) is 31.6 Å². The lowest BCUT2D eigenvalue weighted by atomic mass is 9.79. The van der Waals surface area contributed by atoms with Crippen LogP contribution in [0.2, 0.25) is 0 Å². The van der Waals surface area contributed by atoms with Gasteiger partial charge in [0.05, 0.1) is 0 Å². The van der Waals surface area contributed by atoms with Crippen molar-refractivity contribution >= 4 is 5.91 Å². The van der Waals surface area contributed by atoms with Crippen molar-refractivity contribution in [1.29, 1.82) is 0 Å². The first-order chi connectivity index (χ1) is 9.22. The molecule has 5 heteroatoms. The molecular formula is C14H20N2O3. The van der Waals surface area contributed by atoms with Crippen molar-refractivity contribution < 1.29 is 9.90 Å². The first-order valence-corrected chi connectivity index (χ1v) is 6.78. The summed E-state index contributed by atoms with van der Waals surface area (Å²) in [5.41, 5.74) is -0.141. The van der Waals surface area contributed by atoms with E-state index in [4.69, 9.17) is 0 Å². The highest BCUT2D eigenvalue weighted by Gasteiger charge is 2.25. The average molecular weight is 264 g/mol. The summed E-state index contributed by atoms with van der Waals surface area (Å²) in [5.74, 6) is 0.234. The lowest BCUT2D eigenvalue weighted by Crippen LogP contribution is -2.37. The highest BCUT2D eigenvalue weighted by atomic mass is 16.3.